The van der Waals surface area contributed by atoms with E-state index < -0.39 is 29.4 Å². The van der Waals surface area contributed by atoms with Crippen LogP contribution < -0.4 is 5.32 Å². The van der Waals surface area contributed by atoms with Crippen LogP contribution in [-0.2, 0) is 28.0 Å². The number of fused-ring (bicyclic) bond motifs is 1. The Kier molecular flexibility index (Phi) is 5.43. The maximum Gasteiger partial charge on any atom is 0.490 e. The lowest BCUT2D eigenvalue weighted by Crippen LogP contribution is -2.42. The summed E-state index contributed by atoms with van der Waals surface area (Å²) in [7, 11) is 0. The second-order valence-corrected chi connectivity index (χ2v) is 6.91. The SMILES string of the molecule is C[C@@]1(OC(=O)C(F)(F)F)CNCCc2ccc(Cc3c(F)cccc3F)cc21. The van der Waals surface area contributed by atoms with Crippen molar-refractivity contribution < 1.29 is 31.5 Å². The molecule has 1 N–H and O–H groups in total. The highest BCUT2D eigenvalue weighted by molar-refractivity contribution is 5.76. The molecule has 0 bridgehead atoms. The molecule has 3 nitrogen and oxygen atoms in total. The third kappa shape index (κ3) is 4.16. The Bertz CT molecular complexity index is 876. The van der Waals surface area contributed by atoms with Crippen molar-refractivity contribution in [3.8, 4) is 0 Å². The molecule has 0 unspecified atom stereocenters. The predicted octanol–water partition coefficient (Wildman–Crippen LogP) is 4.02. The van der Waals surface area contributed by atoms with E-state index in [9.17, 15) is 26.7 Å². The van der Waals surface area contributed by atoms with E-state index in [1.807, 2.05) is 0 Å². The van der Waals surface area contributed by atoms with Crippen molar-refractivity contribution in [2.75, 3.05) is 13.1 Å². The van der Waals surface area contributed by atoms with Gasteiger partial charge in [-0.2, -0.15) is 13.2 Å². The molecule has 8 heteroatoms. The number of nitrogens with one attached hydrogen (secondary N) is 1. The Morgan fingerprint density at radius 2 is 1.86 bits per heavy atom. The quantitative estimate of drug-likeness (QED) is 0.626. The van der Waals surface area contributed by atoms with Gasteiger partial charge < -0.3 is 10.1 Å². The average Bonchev–Trinajstić information content (AvgIpc) is 2.77. The van der Waals surface area contributed by atoms with Crippen LogP contribution in [-0.4, -0.2) is 25.2 Å². The van der Waals surface area contributed by atoms with E-state index in [0.29, 0.717) is 29.7 Å². The van der Waals surface area contributed by atoms with Crippen LogP contribution in [0.3, 0.4) is 0 Å². The zero-order valence-electron chi connectivity index (χ0n) is 15.0. The van der Waals surface area contributed by atoms with E-state index in [1.165, 1.54) is 13.0 Å². The minimum Gasteiger partial charge on any atom is -0.446 e. The van der Waals surface area contributed by atoms with Crippen LogP contribution >= 0.6 is 0 Å². The smallest absolute Gasteiger partial charge is 0.446 e. The van der Waals surface area contributed by atoms with Gasteiger partial charge in [0.15, 0.2) is 0 Å². The van der Waals surface area contributed by atoms with Crippen molar-refractivity contribution in [1.29, 1.82) is 0 Å². The Labute approximate surface area is 158 Å². The van der Waals surface area contributed by atoms with Crippen molar-refractivity contribution >= 4 is 5.97 Å². The molecular formula is C20H18F5NO2. The molecule has 150 valence electrons. The predicted molar refractivity (Wildman–Crippen MR) is 91.7 cm³/mol. The number of ether oxygens (including phenoxy) is 1. The molecule has 1 heterocycles. The summed E-state index contributed by atoms with van der Waals surface area (Å²) in [6.07, 6.45) is -4.69. The van der Waals surface area contributed by atoms with E-state index >= 15 is 0 Å². The van der Waals surface area contributed by atoms with Gasteiger partial charge in [0.05, 0.1) is 0 Å². The molecule has 0 radical (unpaired) electrons. The average molecular weight is 399 g/mol. The largest absolute Gasteiger partial charge is 0.490 e. The number of rotatable bonds is 3. The standard InChI is InChI=1S/C20H18F5NO2/c1-19(28-18(27)20(23,24)25)11-26-8-7-13-6-5-12(10-15(13)19)9-14-16(21)3-2-4-17(14)22/h2-6,10,26H,7-9,11H2,1H3/t19-/m1/s1. The van der Waals surface area contributed by atoms with Gasteiger partial charge in [-0.15, -0.1) is 0 Å². The van der Waals surface area contributed by atoms with Gasteiger partial charge in [-0.3, -0.25) is 0 Å². The first-order valence-corrected chi connectivity index (χ1v) is 8.66. The van der Waals surface area contributed by atoms with Crippen LogP contribution in [0.2, 0.25) is 0 Å². The highest BCUT2D eigenvalue weighted by Crippen LogP contribution is 2.34. The number of hydrogen-bond acceptors (Lipinski definition) is 3. The third-order valence-corrected chi connectivity index (χ3v) is 4.77. The Hall–Kier alpha value is -2.48. The van der Waals surface area contributed by atoms with E-state index in [-0.39, 0.29) is 18.5 Å². The number of alkyl halides is 3. The number of halogens is 5. The van der Waals surface area contributed by atoms with Crippen molar-refractivity contribution in [2.24, 2.45) is 0 Å². The minimum absolute atomic E-state index is 0.0146. The molecule has 1 atom stereocenters. The summed E-state index contributed by atoms with van der Waals surface area (Å²) in [5, 5.41) is 2.96. The summed E-state index contributed by atoms with van der Waals surface area (Å²) in [4.78, 5) is 11.5. The van der Waals surface area contributed by atoms with E-state index in [4.69, 9.17) is 4.74 Å². The first-order valence-electron chi connectivity index (χ1n) is 8.66. The van der Waals surface area contributed by atoms with Crippen LogP contribution in [0, 0.1) is 11.6 Å². The molecule has 0 aromatic heterocycles. The molecule has 0 aliphatic carbocycles. The number of esters is 1. The maximum absolute atomic E-state index is 14.0. The fourth-order valence-corrected chi connectivity index (χ4v) is 3.35. The van der Waals surface area contributed by atoms with Gasteiger partial charge in [-0.1, -0.05) is 24.3 Å². The molecule has 0 spiro atoms. The van der Waals surface area contributed by atoms with Gasteiger partial charge in [0.1, 0.15) is 17.2 Å². The fraction of sp³-hybridized carbons (Fsp3) is 0.350. The molecule has 0 fully saturated rings. The Balaban J connectivity index is 1.99. The molecule has 2 aromatic rings. The van der Waals surface area contributed by atoms with Crippen LogP contribution in [0.25, 0.3) is 0 Å². The second-order valence-electron chi connectivity index (χ2n) is 6.91. The van der Waals surface area contributed by atoms with Crippen LogP contribution in [0.1, 0.15) is 29.2 Å². The summed E-state index contributed by atoms with van der Waals surface area (Å²) in [5.41, 5.74) is -0.103. The highest BCUT2D eigenvalue weighted by Gasteiger charge is 2.46. The molecule has 0 saturated heterocycles. The van der Waals surface area contributed by atoms with E-state index in [0.717, 1.165) is 12.1 Å². The van der Waals surface area contributed by atoms with Gasteiger partial charge in [-0.25, -0.2) is 13.6 Å². The summed E-state index contributed by atoms with van der Waals surface area (Å²) >= 11 is 0. The molecular weight excluding hydrogens is 381 g/mol. The van der Waals surface area contributed by atoms with Gasteiger partial charge in [0, 0.05) is 24.1 Å². The fourth-order valence-electron chi connectivity index (χ4n) is 3.35. The summed E-state index contributed by atoms with van der Waals surface area (Å²) in [6.45, 7) is 1.87. The van der Waals surface area contributed by atoms with E-state index in [1.54, 1.807) is 18.2 Å². The number of hydrogen-bond donors (Lipinski definition) is 1. The monoisotopic (exact) mass is 399 g/mol. The second kappa shape index (κ2) is 7.50. The van der Waals surface area contributed by atoms with Gasteiger partial charge in [0.2, 0.25) is 0 Å². The van der Waals surface area contributed by atoms with Crippen LogP contribution in [0.4, 0.5) is 22.0 Å². The van der Waals surface area contributed by atoms with Crippen molar-refractivity contribution in [3.05, 3.63) is 70.3 Å². The summed E-state index contributed by atoms with van der Waals surface area (Å²) in [6, 6.07) is 8.45. The molecule has 3 rings (SSSR count). The number of carbonyl (C=O) groups is 1. The van der Waals surface area contributed by atoms with Gasteiger partial charge >= 0.3 is 12.1 Å². The van der Waals surface area contributed by atoms with Gasteiger partial charge in [-0.05, 0) is 43.1 Å². The first-order chi connectivity index (χ1) is 13.1. The van der Waals surface area contributed by atoms with Crippen molar-refractivity contribution in [1.82, 2.24) is 5.32 Å². The topological polar surface area (TPSA) is 38.3 Å². The summed E-state index contributed by atoms with van der Waals surface area (Å²) in [5.74, 6) is -3.69. The number of benzene rings is 2. The van der Waals surface area contributed by atoms with Crippen LogP contribution in [0.15, 0.2) is 36.4 Å². The zero-order chi connectivity index (χ0) is 20.5. The molecule has 28 heavy (non-hydrogen) atoms. The Morgan fingerprint density at radius 3 is 2.50 bits per heavy atom. The van der Waals surface area contributed by atoms with E-state index in [2.05, 4.69) is 5.32 Å². The zero-order valence-corrected chi connectivity index (χ0v) is 15.0. The minimum atomic E-state index is -5.12. The highest BCUT2D eigenvalue weighted by atomic mass is 19.4. The lowest BCUT2D eigenvalue weighted by Gasteiger charge is -2.31. The number of carbonyl (C=O) groups excluding carboxylic acids is 1. The molecule has 0 saturated carbocycles. The molecule has 0 amide bonds. The van der Waals surface area contributed by atoms with Crippen molar-refractivity contribution in [2.45, 2.75) is 31.5 Å². The molecule has 1 aliphatic heterocycles. The van der Waals surface area contributed by atoms with Gasteiger partial charge in [0.25, 0.3) is 0 Å². The lowest BCUT2D eigenvalue weighted by atomic mass is 9.88. The lowest BCUT2D eigenvalue weighted by molar-refractivity contribution is -0.213. The maximum atomic E-state index is 14.0. The molecule has 1 aliphatic rings. The first kappa shape index (κ1) is 20.3. The third-order valence-electron chi connectivity index (χ3n) is 4.77. The summed E-state index contributed by atoms with van der Waals surface area (Å²) < 4.78 is 70.9. The molecule has 2 aromatic carbocycles. The normalized spacial score (nSPS) is 19.6. The van der Waals surface area contributed by atoms with Crippen LogP contribution in [0.5, 0.6) is 0 Å². The Morgan fingerprint density at radius 1 is 1.18 bits per heavy atom. The van der Waals surface area contributed by atoms with Crippen molar-refractivity contribution in [3.63, 3.8) is 0 Å².